The lowest BCUT2D eigenvalue weighted by molar-refractivity contribution is -0.105. The van der Waals surface area contributed by atoms with Crippen LogP contribution in [0.2, 0.25) is 0 Å². The van der Waals surface area contributed by atoms with E-state index in [1.54, 1.807) is 11.3 Å². The van der Waals surface area contributed by atoms with E-state index in [9.17, 15) is 4.79 Å². The molecule has 1 N–H and O–H groups in total. The summed E-state index contributed by atoms with van der Waals surface area (Å²) < 4.78 is 2.21. The maximum atomic E-state index is 10.4. The monoisotopic (exact) mass is 332 g/mol. The van der Waals surface area contributed by atoms with Crippen LogP contribution in [0.15, 0.2) is 46.9 Å². The Hall–Kier alpha value is -1.72. The van der Waals surface area contributed by atoms with E-state index < -0.39 is 0 Å². The van der Waals surface area contributed by atoms with E-state index in [-0.39, 0.29) is 0 Å². The van der Waals surface area contributed by atoms with Crippen molar-refractivity contribution in [3.63, 3.8) is 0 Å². The second-order valence-corrected chi connectivity index (χ2v) is 5.92. The van der Waals surface area contributed by atoms with Crippen molar-refractivity contribution in [2.75, 3.05) is 5.32 Å². The minimum atomic E-state index is 0.671. The summed E-state index contributed by atoms with van der Waals surface area (Å²) in [5.74, 6) is 0. The largest absolute Gasteiger partial charge is 0.329 e. The third-order valence-electron chi connectivity index (χ3n) is 2.71. The Morgan fingerprint density at radius 3 is 2.68 bits per heavy atom. The molecule has 1 amide bonds. The number of anilines is 1. The standard InChI is InChI=1S/C14H9BrN2OS/c15-10-3-6-12-13(7-10)19-14(17-12)9-1-4-11(5-2-9)16-8-18/h1-8H,(H,16,18). The minimum absolute atomic E-state index is 0.671. The van der Waals surface area contributed by atoms with Crippen LogP contribution in [0.3, 0.4) is 0 Å². The summed E-state index contributed by atoms with van der Waals surface area (Å²) in [6, 6.07) is 13.7. The summed E-state index contributed by atoms with van der Waals surface area (Å²) in [7, 11) is 0. The molecule has 19 heavy (non-hydrogen) atoms. The van der Waals surface area contributed by atoms with Crippen LogP contribution in [-0.2, 0) is 4.79 Å². The molecule has 94 valence electrons. The zero-order valence-electron chi connectivity index (χ0n) is 9.76. The van der Waals surface area contributed by atoms with E-state index >= 15 is 0 Å². The SMILES string of the molecule is O=CNc1ccc(-c2nc3ccc(Br)cc3s2)cc1. The molecule has 1 heterocycles. The highest BCUT2D eigenvalue weighted by Crippen LogP contribution is 2.32. The Morgan fingerprint density at radius 1 is 1.16 bits per heavy atom. The first-order chi connectivity index (χ1) is 9.26. The molecule has 5 heteroatoms. The third-order valence-corrected chi connectivity index (χ3v) is 4.27. The summed E-state index contributed by atoms with van der Waals surface area (Å²) in [5.41, 5.74) is 2.83. The van der Waals surface area contributed by atoms with Crippen LogP contribution in [0, 0.1) is 0 Å². The van der Waals surface area contributed by atoms with Crippen molar-refractivity contribution in [3.8, 4) is 10.6 Å². The first-order valence-electron chi connectivity index (χ1n) is 5.63. The van der Waals surface area contributed by atoms with E-state index in [2.05, 4.69) is 32.3 Å². The van der Waals surface area contributed by atoms with Crippen molar-refractivity contribution in [1.82, 2.24) is 4.98 Å². The summed E-state index contributed by atoms with van der Waals surface area (Å²) in [6.07, 6.45) is 0.671. The zero-order chi connectivity index (χ0) is 13.2. The Bertz CT molecular complexity index is 737. The molecule has 0 aliphatic carbocycles. The molecule has 0 atom stereocenters. The molecule has 0 unspecified atom stereocenters. The Balaban J connectivity index is 2.01. The molecule has 2 aromatic carbocycles. The van der Waals surface area contributed by atoms with Gasteiger partial charge in [0, 0.05) is 15.7 Å². The molecule has 0 aliphatic rings. The Morgan fingerprint density at radius 2 is 1.95 bits per heavy atom. The van der Waals surface area contributed by atoms with Gasteiger partial charge in [-0.15, -0.1) is 11.3 Å². The van der Waals surface area contributed by atoms with Crippen LogP contribution in [0.4, 0.5) is 5.69 Å². The second kappa shape index (κ2) is 5.11. The average molecular weight is 333 g/mol. The summed E-state index contributed by atoms with van der Waals surface area (Å²) in [6.45, 7) is 0. The van der Waals surface area contributed by atoms with Crippen LogP contribution < -0.4 is 5.32 Å². The minimum Gasteiger partial charge on any atom is -0.329 e. The van der Waals surface area contributed by atoms with Gasteiger partial charge in [0.2, 0.25) is 6.41 Å². The lowest BCUT2D eigenvalue weighted by Gasteiger charge is -1.99. The quantitative estimate of drug-likeness (QED) is 0.727. The van der Waals surface area contributed by atoms with Gasteiger partial charge in [-0.2, -0.15) is 0 Å². The normalized spacial score (nSPS) is 10.6. The second-order valence-electron chi connectivity index (χ2n) is 3.97. The topological polar surface area (TPSA) is 42.0 Å². The van der Waals surface area contributed by atoms with Crippen molar-refractivity contribution in [2.45, 2.75) is 0 Å². The molecule has 3 nitrogen and oxygen atoms in total. The fourth-order valence-corrected chi connectivity index (χ4v) is 3.32. The maximum absolute atomic E-state index is 10.4. The number of hydrogen-bond donors (Lipinski definition) is 1. The first kappa shape index (κ1) is 12.3. The van der Waals surface area contributed by atoms with Crippen LogP contribution >= 0.6 is 27.3 Å². The molecule has 0 radical (unpaired) electrons. The average Bonchev–Trinajstić information content (AvgIpc) is 2.83. The Kier molecular flexibility index (Phi) is 3.31. The van der Waals surface area contributed by atoms with E-state index in [1.807, 2.05) is 36.4 Å². The number of nitrogens with zero attached hydrogens (tertiary/aromatic N) is 1. The number of carbonyl (C=O) groups excluding carboxylic acids is 1. The summed E-state index contributed by atoms with van der Waals surface area (Å²) >= 11 is 5.11. The molecule has 0 spiro atoms. The van der Waals surface area contributed by atoms with E-state index in [0.29, 0.717) is 6.41 Å². The number of rotatable bonds is 3. The third kappa shape index (κ3) is 2.52. The molecule has 3 aromatic rings. The lowest BCUT2D eigenvalue weighted by atomic mass is 10.2. The van der Waals surface area contributed by atoms with Crippen LogP contribution in [-0.4, -0.2) is 11.4 Å². The van der Waals surface area contributed by atoms with Crippen LogP contribution in [0.5, 0.6) is 0 Å². The zero-order valence-corrected chi connectivity index (χ0v) is 12.2. The molecule has 1 aromatic heterocycles. The predicted molar refractivity (Wildman–Crippen MR) is 82.4 cm³/mol. The predicted octanol–water partition coefficient (Wildman–Crippen LogP) is 4.29. The van der Waals surface area contributed by atoms with Gasteiger partial charge in [-0.1, -0.05) is 15.9 Å². The summed E-state index contributed by atoms with van der Waals surface area (Å²) in [5, 5.41) is 3.59. The van der Waals surface area contributed by atoms with Crippen molar-refractivity contribution < 1.29 is 4.79 Å². The van der Waals surface area contributed by atoms with Gasteiger partial charge in [-0.25, -0.2) is 4.98 Å². The number of hydrogen-bond acceptors (Lipinski definition) is 3. The van der Waals surface area contributed by atoms with Crippen LogP contribution in [0.1, 0.15) is 0 Å². The van der Waals surface area contributed by atoms with Crippen molar-refractivity contribution in [1.29, 1.82) is 0 Å². The fourth-order valence-electron chi connectivity index (χ4n) is 1.80. The van der Waals surface area contributed by atoms with Gasteiger partial charge in [0.25, 0.3) is 0 Å². The van der Waals surface area contributed by atoms with Crippen molar-refractivity contribution in [2.24, 2.45) is 0 Å². The highest BCUT2D eigenvalue weighted by molar-refractivity contribution is 9.10. The molecule has 3 rings (SSSR count). The lowest BCUT2D eigenvalue weighted by Crippen LogP contribution is -1.92. The van der Waals surface area contributed by atoms with Gasteiger partial charge in [0.1, 0.15) is 5.01 Å². The van der Waals surface area contributed by atoms with Gasteiger partial charge >= 0.3 is 0 Å². The van der Waals surface area contributed by atoms with E-state index in [1.165, 1.54) is 0 Å². The summed E-state index contributed by atoms with van der Waals surface area (Å²) in [4.78, 5) is 15.0. The molecule has 0 bridgehead atoms. The fraction of sp³-hybridized carbons (Fsp3) is 0. The first-order valence-corrected chi connectivity index (χ1v) is 7.24. The number of fused-ring (bicyclic) bond motifs is 1. The van der Waals surface area contributed by atoms with Gasteiger partial charge in [-0.05, 0) is 42.5 Å². The molecular weight excluding hydrogens is 324 g/mol. The molecule has 0 aliphatic heterocycles. The molecular formula is C14H9BrN2OS. The number of amides is 1. The number of halogens is 1. The number of thiazole rings is 1. The molecule has 0 fully saturated rings. The molecule has 0 saturated carbocycles. The van der Waals surface area contributed by atoms with Crippen LogP contribution in [0.25, 0.3) is 20.8 Å². The maximum Gasteiger partial charge on any atom is 0.211 e. The highest BCUT2D eigenvalue weighted by atomic mass is 79.9. The number of benzene rings is 2. The van der Waals surface area contributed by atoms with Crippen molar-refractivity contribution in [3.05, 3.63) is 46.9 Å². The van der Waals surface area contributed by atoms with E-state index in [4.69, 9.17) is 0 Å². The van der Waals surface area contributed by atoms with Gasteiger partial charge in [0.05, 0.1) is 10.2 Å². The smallest absolute Gasteiger partial charge is 0.211 e. The van der Waals surface area contributed by atoms with Gasteiger partial charge in [-0.3, -0.25) is 4.79 Å². The van der Waals surface area contributed by atoms with Crippen molar-refractivity contribution >= 4 is 49.6 Å². The number of aromatic nitrogens is 1. The van der Waals surface area contributed by atoms with Gasteiger partial charge in [0.15, 0.2) is 0 Å². The Labute approximate surface area is 122 Å². The highest BCUT2D eigenvalue weighted by Gasteiger charge is 2.06. The van der Waals surface area contributed by atoms with Gasteiger partial charge < -0.3 is 5.32 Å². The number of nitrogens with one attached hydrogen (secondary N) is 1. The number of carbonyl (C=O) groups is 1. The molecule has 0 saturated heterocycles. The van der Waals surface area contributed by atoms with E-state index in [0.717, 1.165) is 30.9 Å².